The first-order chi connectivity index (χ1) is 7.24. The summed E-state index contributed by atoms with van der Waals surface area (Å²) < 4.78 is 1.12. The molecule has 1 rings (SSSR count). The maximum Gasteiger partial charge on any atom is 0.0291 e. The number of halogens is 1. The second-order valence-corrected chi connectivity index (χ2v) is 4.45. The number of hydrogen-bond donors (Lipinski definition) is 1. The van der Waals surface area contributed by atoms with E-state index in [1.807, 2.05) is 0 Å². The van der Waals surface area contributed by atoms with Crippen LogP contribution in [-0.2, 0) is 0 Å². The van der Waals surface area contributed by atoms with Crippen molar-refractivity contribution in [3.63, 3.8) is 0 Å². The number of terminal acetylenes is 1. The molecule has 0 heterocycles. The van der Waals surface area contributed by atoms with Gasteiger partial charge in [-0.3, -0.25) is 0 Å². The summed E-state index contributed by atoms with van der Waals surface area (Å²) in [5, 5.41) is 3.44. The predicted octanol–water partition coefficient (Wildman–Crippen LogP) is 3.51. The predicted molar refractivity (Wildman–Crippen MR) is 68.6 cm³/mol. The fourth-order valence-electron chi connectivity index (χ4n) is 1.38. The zero-order valence-electron chi connectivity index (χ0n) is 8.96. The summed E-state index contributed by atoms with van der Waals surface area (Å²) in [7, 11) is 0. The number of unbranched alkanes of at least 4 members (excludes halogenated alkanes) is 1. The Balaban J connectivity index is 2.37. The van der Waals surface area contributed by atoms with Crippen molar-refractivity contribution in [1.29, 1.82) is 0 Å². The molecule has 0 aromatic heterocycles. The van der Waals surface area contributed by atoms with Gasteiger partial charge in [-0.15, -0.1) is 12.3 Å². The third kappa shape index (κ3) is 4.51. The van der Waals surface area contributed by atoms with Gasteiger partial charge in [0.25, 0.3) is 0 Å². The lowest BCUT2D eigenvalue weighted by Crippen LogP contribution is -2.19. The Morgan fingerprint density at radius 3 is 2.67 bits per heavy atom. The summed E-state index contributed by atoms with van der Waals surface area (Å²) in [6.07, 6.45) is 7.08. The van der Waals surface area contributed by atoms with E-state index in [0.717, 1.165) is 23.9 Å². The molecule has 0 amide bonds. The fourth-order valence-corrected chi connectivity index (χ4v) is 1.64. The van der Waals surface area contributed by atoms with E-state index < -0.39 is 0 Å². The molecular weight excluding hydrogens is 250 g/mol. The minimum atomic E-state index is 0.385. The van der Waals surface area contributed by atoms with E-state index in [1.165, 1.54) is 5.56 Å². The number of rotatable bonds is 5. The lowest BCUT2D eigenvalue weighted by molar-refractivity contribution is 0.562. The van der Waals surface area contributed by atoms with E-state index in [9.17, 15) is 0 Å². The summed E-state index contributed by atoms with van der Waals surface area (Å²) >= 11 is 3.43. The van der Waals surface area contributed by atoms with Gasteiger partial charge in [-0.05, 0) is 37.6 Å². The molecule has 1 N–H and O–H groups in total. The first kappa shape index (κ1) is 12.3. The van der Waals surface area contributed by atoms with E-state index in [4.69, 9.17) is 6.42 Å². The zero-order valence-corrected chi connectivity index (χ0v) is 10.5. The highest BCUT2D eigenvalue weighted by molar-refractivity contribution is 9.10. The molecule has 0 spiro atoms. The summed E-state index contributed by atoms with van der Waals surface area (Å²) in [6.45, 7) is 3.14. The molecule has 80 valence electrons. The number of benzene rings is 1. The molecule has 0 unspecified atom stereocenters. The minimum absolute atomic E-state index is 0.385. The van der Waals surface area contributed by atoms with Crippen LogP contribution in [0.4, 0.5) is 0 Å². The van der Waals surface area contributed by atoms with Crippen molar-refractivity contribution in [2.75, 3.05) is 6.54 Å². The average Bonchev–Trinajstić information content (AvgIpc) is 2.25. The summed E-state index contributed by atoms with van der Waals surface area (Å²) in [5.74, 6) is 2.64. The third-order valence-corrected chi connectivity index (χ3v) is 2.85. The van der Waals surface area contributed by atoms with Gasteiger partial charge in [0.15, 0.2) is 0 Å². The standard InChI is InChI=1S/C13H16BrN/c1-3-4-5-10-15-11(2)12-6-8-13(14)9-7-12/h1,6-9,11,15H,4-5,10H2,2H3/t11-/m0/s1. The molecule has 0 radical (unpaired) electrons. The molecule has 0 bridgehead atoms. The van der Waals surface area contributed by atoms with Crippen LogP contribution in [-0.4, -0.2) is 6.54 Å². The van der Waals surface area contributed by atoms with Crippen LogP contribution < -0.4 is 5.32 Å². The topological polar surface area (TPSA) is 12.0 Å². The zero-order chi connectivity index (χ0) is 11.1. The molecule has 15 heavy (non-hydrogen) atoms. The normalized spacial score (nSPS) is 12.1. The first-order valence-electron chi connectivity index (χ1n) is 5.16. The van der Waals surface area contributed by atoms with E-state index in [2.05, 4.69) is 58.4 Å². The molecule has 1 atom stereocenters. The molecule has 2 heteroatoms. The number of hydrogen-bond acceptors (Lipinski definition) is 1. The van der Waals surface area contributed by atoms with Crippen LogP contribution in [0, 0.1) is 12.3 Å². The second-order valence-electron chi connectivity index (χ2n) is 3.54. The second kappa shape index (κ2) is 6.66. The van der Waals surface area contributed by atoms with Gasteiger partial charge in [-0.1, -0.05) is 28.1 Å². The highest BCUT2D eigenvalue weighted by Crippen LogP contribution is 2.16. The van der Waals surface area contributed by atoms with Gasteiger partial charge >= 0.3 is 0 Å². The quantitative estimate of drug-likeness (QED) is 0.635. The van der Waals surface area contributed by atoms with Gasteiger partial charge in [0.05, 0.1) is 0 Å². The minimum Gasteiger partial charge on any atom is -0.310 e. The van der Waals surface area contributed by atoms with Gasteiger partial charge in [0.2, 0.25) is 0 Å². The Kier molecular flexibility index (Phi) is 5.45. The van der Waals surface area contributed by atoms with Crippen molar-refractivity contribution in [2.45, 2.75) is 25.8 Å². The van der Waals surface area contributed by atoms with E-state index in [0.29, 0.717) is 6.04 Å². The SMILES string of the molecule is C#CCCCN[C@@H](C)c1ccc(Br)cc1. The van der Waals surface area contributed by atoms with E-state index in [1.54, 1.807) is 0 Å². The average molecular weight is 266 g/mol. The van der Waals surface area contributed by atoms with Crippen molar-refractivity contribution >= 4 is 15.9 Å². The van der Waals surface area contributed by atoms with Crippen LogP contribution >= 0.6 is 15.9 Å². The van der Waals surface area contributed by atoms with Crippen LogP contribution in [0.25, 0.3) is 0 Å². The smallest absolute Gasteiger partial charge is 0.0291 e. The van der Waals surface area contributed by atoms with Gasteiger partial charge in [-0.2, -0.15) is 0 Å². The Labute approximate surface area is 100 Å². The lowest BCUT2D eigenvalue weighted by Gasteiger charge is -2.13. The lowest BCUT2D eigenvalue weighted by atomic mass is 10.1. The van der Waals surface area contributed by atoms with Gasteiger partial charge in [0, 0.05) is 16.9 Å². The van der Waals surface area contributed by atoms with Crippen molar-refractivity contribution < 1.29 is 0 Å². The summed E-state index contributed by atoms with van der Waals surface area (Å²) in [5.41, 5.74) is 1.30. The Morgan fingerprint density at radius 1 is 1.40 bits per heavy atom. The Morgan fingerprint density at radius 2 is 2.07 bits per heavy atom. The van der Waals surface area contributed by atoms with Crippen molar-refractivity contribution in [3.05, 3.63) is 34.3 Å². The van der Waals surface area contributed by atoms with Crippen LogP contribution in [0.2, 0.25) is 0 Å². The van der Waals surface area contributed by atoms with Crippen molar-refractivity contribution in [2.24, 2.45) is 0 Å². The molecule has 1 nitrogen and oxygen atoms in total. The third-order valence-electron chi connectivity index (χ3n) is 2.32. The molecule has 1 aromatic rings. The first-order valence-corrected chi connectivity index (χ1v) is 5.95. The summed E-state index contributed by atoms with van der Waals surface area (Å²) in [6, 6.07) is 8.77. The van der Waals surface area contributed by atoms with Crippen LogP contribution in [0.15, 0.2) is 28.7 Å². The molecule has 0 saturated carbocycles. The molecule has 0 aliphatic heterocycles. The molecule has 0 aliphatic carbocycles. The highest BCUT2D eigenvalue weighted by atomic mass is 79.9. The van der Waals surface area contributed by atoms with Crippen LogP contribution in [0.1, 0.15) is 31.4 Å². The maximum atomic E-state index is 5.19. The Bertz CT molecular complexity index is 323. The highest BCUT2D eigenvalue weighted by Gasteiger charge is 2.02. The van der Waals surface area contributed by atoms with Gasteiger partial charge in [-0.25, -0.2) is 0 Å². The van der Waals surface area contributed by atoms with Crippen molar-refractivity contribution in [3.8, 4) is 12.3 Å². The Hall–Kier alpha value is -0.780. The van der Waals surface area contributed by atoms with Gasteiger partial charge < -0.3 is 5.32 Å². The maximum absolute atomic E-state index is 5.19. The largest absolute Gasteiger partial charge is 0.310 e. The monoisotopic (exact) mass is 265 g/mol. The summed E-state index contributed by atoms with van der Waals surface area (Å²) in [4.78, 5) is 0. The number of nitrogens with one attached hydrogen (secondary N) is 1. The van der Waals surface area contributed by atoms with Gasteiger partial charge in [0.1, 0.15) is 0 Å². The molecule has 1 aromatic carbocycles. The molecule has 0 aliphatic rings. The molecule has 0 saturated heterocycles. The molecular formula is C13H16BrN. The molecule has 0 fully saturated rings. The van der Waals surface area contributed by atoms with Crippen LogP contribution in [0.5, 0.6) is 0 Å². The van der Waals surface area contributed by atoms with E-state index in [-0.39, 0.29) is 0 Å². The van der Waals surface area contributed by atoms with Crippen molar-refractivity contribution in [1.82, 2.24) is 5.32 Å². The fraction of sp³-hybridized carbons (Fsp3) is 0.385. The van der Waals surface area contributed by atoms with Crippen LogP contribution in [0.3, 0.4) is 0 Å². The van der Waals surface area contributed by atoms with E-state index >= 15 is 0 Å².